The lowest BCUT2D eigenvalue weighted by Crippen LogP contribution is -2.25. The summed E-state index contributed by atoms with van der Waals surface area (Å²) in [4.78, 5) is 18.6. The summed E-state index contributed by atoms with van der Waals surface area (Å²) in [7, 11) is 0. The number of aryl methyl sites for hydroxylation is 1. The van der Waals surface area contributed by atoms with Crippen LogP contribution in [0.1, 0.15) is 23.8 Å². The van der Waals surface area contributed by atoms with Crippen molar-refractivity contribution in [3.05, 3.63) is 64.2 Å². The van der Waals surface area contributed by atoms with E-state index in [1.54, 1.807) is 17.0 Å². The normalized spacial score (nSPS) is 17.1. The van der Waals surface area contributed by atoms with Crippen LogP contribution in [0.5, 0.6) is 0 Å². The molecule has 0 saturated carbocycles. The number of hydrogen-bond donors (Lipinski definition) is 0. The molecule has 0 spiro atoms. The Bertz CT molecular complexity index is 988. The summed E-state index contributed by atoms with van der Waals surface area (Å²) in [6.45, 7) is 2.48. The number of nitrogens with zero attached hydrogens (tertiary/aromatic N) is 3. The monoisotopic (exact) mass is 415 g/mol. The van der Waals surface area contributed by atoms with Crippen LogP contribution in [0.25, 0.3) is 11.4 Å². The van der Waals surface area contributed by atoms with Gasteiger partial charge in [-0.15, -0.1) is 0 Å². The van der Waals surface area contributed by atoms with Crippen LogP contribution >= 0.6 is 15.9 Å². The molecule has 5 nitrogen and oxygen atoms in total. The number of anilines is 1. The Balaban J connectivity index is 1.58. The lowest BCUT2D eigenvalue weighted by atomic mass is 10.1. The number of benzene rings is 2. The fourth-order valence-corrected chi connectivity index (χ4v) is 3.50. The topological polar surface area (TPSA) is 59.2 Å². The zero-order valence-corrected chi connectivity index (χ0v) is 15.5. The molecule has 4 rings (SSSR count). The van der Waals surface area contributed by atoms with E-state index >= 15 is 0 Å². The highest BCUT2D eigenvalue weighted by Crippen LogP contribution is 2.33. The van der Waals surface area contributed by atoms with Crippen LogP contribution in [0.4, 0.5) is 10.1 Å². The number of carbonyl (C=O) groups excluding carboxylic acids is 1. The molecule has 26 heavy (non-hydrogen) atoms. The quantitative estimate of drug-likeness (QED) is 0.633. The van der Waals surface area contributed by atoms with Crippen molar-refractivity contribution in [1.82, 2.24) is 10.1 Å². The van der Waals surface area contributed by atoms with Crippen molar-refractivity contribution < 1.29 is 13.7 Å². The van der Waals surface area contributed by atoms with Gasteiger partial charge in [-0.05, 0) is 52.7 Å². The highest BCUT2D eigenvalue weighted by atomic mass is 79.9. The van der Waals surface area contributed by atoms with Crippen molar-refractivity contribution in [3.63, 3.8) is 0 Å². The SMILES string of the molecule is Cc1ccccc1N1CC(c2nc(-c3ccc(F)c(Br)c3)no2)CC1=O. The fraction of sp³-hybridized carbons (Fsp3) is 0.211. The van der Waals surface area contributed by atoms with E-state index in [-0.39, 0.29) is 17.6 Å². The van der Waals surface area contributed by atoms with Gasteiger partial charge in [0.15, 0.2) is 0 Å². The summed E-state index contributed by atoms with van der Waals surface area (Å²) in [5, 5.41) is 3.98. The molecule has 2 heterocycles. The molecule has 0 radical (unpaired) electrons. The van der Waals surface area contributed by atoms with Crippen LogP contribution in [-0.2, 0) is 4.79 Å². The molecule has 3 aromatic rings. The summed E-state index contributed by atoms with van der Waals surface area (Å²) < 4.78 is 19.1. The van der Waals surface area contributed by atoms with Crippen LogP contribution in [0.3, 0.4) is 0 Å². The van der Waals surface area contributed by atoms with E-state index in [0.717, 1.165) is 11.3 Å². The van der Waals surface area contributed by atoms with Gasteiger partial charge in [-0.25, -0.2) is 4.39 Å². The van der Waals surface area contributed by atoms with Crippen LogP contribution in [-0.4, -0.2) is 22.6 Å². The van der Waals surface area contributed by atoms with Gasteiger partial charge in [0, 0.05) is 24.2 Å². The maximum Gasteiger partial charge on any atom is 0.232 e. The third-order valence-corrected chi connectivity index (χ3v) is 5.11. The van der Waals surface area contributed by atoms with E-state index in [1.807, 2.05) is 31.2 Å². The average molecular weight is 416 g/mol. The van der Waals surface area contributed by atoms with Gasteiger partial charge in [0.05, 0.1) is 10.4 Å². The Morgan fingerprint density at radius 3 is 2.85 bits per heavy atom. The summed E-state index contributed by atoms with van der Waals surface area (Å²) in [5.41, 5.74) is 2.60. The molecular formula is C19H15BrFN3O2. The molecule has 1 aliphatic heterocycles. The molecule has 0 bridgehead atoms. The second-order valence-corrected chi connectivity index (χ2v) is 7.13. The number of halogens is 2. The third-order valence-electron chi connectivity index (χ3n) is 4.50. The molecule has 1 atom stereocenters. The molecule has 0 aliphatic carbocycles. The highest BCUT2D eigenvalue weighted by molar-refractivity contribution is 9.10. The molecule has 0 N–H and O–H groups in total. The zero-order valence-electron chi connectivity index (χ0n) is 13.9. The highest BCUT2D eigenvalue weighted by Gasteiger charge is 2.35. The molecule has 1 unspecified atom stereocenters. The Labute approximate surface area is 158 Å². The van der Waals surface area contributed by atoms with E-state index in [2.05, 4.69) is 26.1 Å². The number of amides is 1. The molecule has 132 valence electrons. The van der Waals surface area contributed by atoms with E-state index in [0.29, 0.717) is 34.7 Å². The number of aromatic nitrogens is 2. The molecular weight excluding hydrogens is 401 g/mol. The van der Waals surface area contributed by atoms with Crippen LogP contribution in [0.15, 0.2) is 51.5 Å². The minimum absolute atomic E-state index is 0.0357. The average Bonchev–Trinajstić information content (AvgIpc) is 3.25. The van der Waals surface area contributed by atoms with Crippen LogP contribution in [0.2, 0.25) is 0 Å². The van der Waals surface area contributed by atoms with Crippen LogP contribution < -0.4 is 4.90 Å². The largest absolute Gasteiger partial charge is 0.339 e. The van der Waals surface area contributed by atoms with Gasteiger partial charge in [-0.3, -0.25) is 4.79 Å². The van der Waals surface area contributed by atoms with Crippen molar-refractivity contribution in [1.29, 1.82) is 0 Å². The van der Waals surface area contributed by atoms with Gasteiger partial charge in [-0.1, -0.05) is 23.4 Å². The van der Waals surface area contributed by atoms with Gasteiger partial charge < -0.3 is 9.42 Å². The van der Waals surface area contributed by atoms with E-state index in [4.69, 9.17) is 4.52 Å². The van der Waals surface area contributed by atoms with Crippen molar-refractivity contribution in [3.8, 4) is 11.4 Å². The predicted octanol–water partition coefficient (Wildman–Crippen LogP) is 4.47. The smallest absolute Gasteiger partial charge is 0.232 e. The summed E-state index contributed by atoms with van der Waals surface area (Å²) in [6.07, 6.45) is 0.322. The standard InChI is InChI=1S/C19H15BrFN3O2/c1-11-4-2-3-5-16(11)24-10-13(9-17(24)25)19-22-18(23-26-19)12-6-7-15(21)14(20)8-12/h2-8,13H,9-10H2,1H3. The maximum absolute atomic E-state index is 13.4. The molecule has 7 heteroatoms. The van der Waals surface area contributed by atoms with E-state index in [1.165, 1.54) is 6.07 Å². The second-order valence-electron chi connectivity index (χ2n) is 6.28. The summed E-state index contributed by atoms with van der Waals surface area (Å²) in [5.74, 6) is 0.320. The first-order valence-corrected chi connectivity index (χ1v) is 8.97. The Morgan fingerprint density at radius 2 is 2.08 bits per heavy atom. The lowest BCUT2D eigenvalue weighted by Gasteiger charge is -2.18. The lowest BCUT2D eigenvalue weighted by molar-refractivity contribution is -0.117. The number of rotatable bonds is 3. The van der Waals surface area contributed by atoms with Crippen LogP contribution in [0, 0.1) is 12.7 Å². The molecule has 1 aliphatic rings. The van der Waals surface area contributed by atoms with E-state index < -0.39 is 0 Å². The Morgan fingerprint density at radius 1 is 1.27 bits per heavy atom. The van der Waals surface area contributed by atoms with Crippen molar-refractivity contribution in [2.75, 3.05) is 11.4 Å². The molecule has 2 aromatic carbocycles. The number of carbonyl (C=O) groups is 1. The van der Waals surface area contributed by atoms with Crippen molar-refractivity contribution in [2.45, 2.75) is 19.3 Å². The second kappa shape index (κ2) is 6.64. The van der Waals surface area contributed by atoms with Gasteiger partial charge >= 0.3 is 0 Å². The molecule has 1 aromatic heterocycles. The van der Waals surface area contributed by atoms with Gasteiger partial charge in [0.2, 0.25) is 17.6 Å². The first-order chi connectivity index (χ1) is 12.5. The minimum atomic E-state index is -0.354. The maximum atomic E-state index is 13.4. The predicted molar refractivity (Wildman–Crippen MR) is 98.3 cm³/mol. The minimum Gasteiger partial charge on any atom is -0.339 e. The summed E-state index contributed by atoms with van der Waals surface area (Å²) >= 11 is 3.15. The zero-order chi connectivity index (χ0) is 18.3. The number of hydrogen-bond acceptors (Lipinski definition) is 4. The van der Waals surface area contributed by atoms with Gasteiger partial charge in [-0.2, -0.15) is 4.98 Å². The fourth-order valence-electron chi connectivity index (χ4n) is 3.13. The summed E-state index contributed by atoms with van der Waals surface area (Å²) in [6, 6.07) is 12.3. The first kappa shape index (κ1) is 16.9. The molecule has 1 fully saturated rings. The van der Waals surface area contributed by atoms with Crippen molar-refractivity contribution in [2.24, 2.45) is 0 Å². The van der Waals surface area contributed by atoms with E-state index in [9.17, 15) is 9.18 Å². The number of para-hydroxylation sites is 1. The van der Waals surface area contributed by atoms with Gasteiger partial charge in [0.25, 0.3) is 0 Å². The van der Waals surface area contributed by atoms with Gasteiger partial charge in [0.1, 0.15) is 5.82 Å². The Kier molecular flexibility index (Phi) is 4.32. The first-order valence-electron chi connectivity index (χ1n) is 8.18. The third kappa shape index (κ3) is 3.03. The molecule has 1 amide bonds. The Hall–Kier alpha value is -2.54. The molecule has 1 saturated heterocycles. The van der Waals surface area contributed by atoms with Crippen molar-refractivity contribution >= 4 is 27.5 Å².